The van der Waals surface area contributed by atoms with Crippen LogP contribution in [0.15, 0.2) is 26.8 Å². The molecule has 4 saturated carbocycles. The molecule has 0 aromatic rings. The number of hydrogen-bond acceptors (Lipinski definition) is 1. The molecule has 0 spiro atoms. The molecule has 33 heavy (non-hydrogen) atoms. The predicted octanol–water partition coefficient (Wildman–Crippen LogP) is 8.53. The first kappa shape index (κ1) is 33.5. The third kappa shape index (κ3) is 8.53. The molecular weight excluding hydrogens is 503 g/mol. The summed E-state index contributed by atoms with van der Waals surface area (Å²) in [6.45, 7) is 14.4. The van der Waals surface area contributed by atoms with E-state index in [1.807, 2.05) is 0 Å². The average Bonchev–Trinajstić information content (AvgIpc) is 2.85. The van der Waals surface area contributed by atoms with E-state index in [0.29, 0.717) is 11.5 Å². The Morgan fingerprint density at radius 2 is 1.06 bits per heavy atom. The molecule has 0 aromatic carbocycles. The molecule has 4 fully saturated rings. The van der Waals surface area contributed by atoms with Crippen molar-refractivity contribution in [1.29, 1.82) is 0 Å². The number of rotatable bonds is 2. The van der Waals surface area contributed by atoms with Crippen LogP contribution in [-0.4, -0.2) is 61.2 Å². The Balaban J connectivity index is 0.000000896. The minimum Gasteiger partial charge on any atom is -0.668 e. The van der Waals surface area contributed by atoms with Crippen molar-refractivity contribution in [3.63, 3.8) is 0 Å². The SMILES string of the molecule is CC1=C(C)C(C)C(C)=C1P(C)(C)=NC12CC3CC(CC(C3)C1)C2.C[N-]C.C[N-]C.C[N-]C.[Zr+3]. The van der Waals surface area contributed by atoms with Gasteiger partial charge in [-0.15, -0.1) is 0 Å². The van der Waals surface area contributed by atoms with E-state index in [9.17, 15) is 0 Å². The molecule has 5 aliphatic carbocycles. The molecule has 4 bridgehead atoms. The smallest absolute Gasteiger partial charge is 0.668 e. The quantitative estimate of drug-likeness (QED) is 0.307. The third-order valence-electron chi connectivity index (χ3n) is 7.63. The van der Waals surface area contributed by atoms with E-state index in [1.165, 1.54) is 38.5 Å². The van der Waals surface area contributed by atoms with Crippen molar-refractivity contribution in [3.05, 3.63) is 38.0 Å². The van der Waals surface area contributed by atoms with Crippen LogP contribution in [0.4, 0.5) is 0 Å². The standard InChI is InChI=1S/C21H34NP.3C2H6N.Zr/c1-13-14(2)16(4)20(15(13)3)23(5,6)22-21-10-17-7-18(11-21)9-19(8-17)12-21;3*1-3-2;/h13,17-19H,7-12H2,1-6H3;3*1-2H3;/q;3*-1;+3. The molecule has 1 atom stereocenters. The van der Waals surface area contributed by atoms with Crippen LogP contribution in [0, 0.1) is 23.7 Å². The van der Waals surface area contributed by atoms with Crippen molar-refractivity contribution < 1.29 is 26.2 Å². The summed E-state index contributed by atoms with van der Waals surface area (Å²) in [5, 5.41) is 12.2. The maximum atomic E-state index is 5.77. The van der Waals surface area contributed by atoms with E-state index in [-0.39, 0.29) is 26.2 Å². The van der Waals surface area contributed by atoms with Gasteiger partial charge in [0, 0.05) is 0 Å². The summed E-state index contributed by atoms with van der Waals surface area (Å²) < 4.78 is 5.77. The van der Waals surface area contributed by atoms with E-state index in [1.54, 1.807) is 64.3 Å². The van der Waals surface area contributed by atoms with Crippen molar-refractivity contribution in [2.24, 2.45) is 28.4 Å². The minimum atomic E-state index is -1.38. The van der Waals surface area contributed by atoms with Gasteiger partial charge >= 0.3 is 26.2 Å². The van der Waals surface area contributed by atoms with Gasteiger partial charge in [-0.1, -0.05) is 18.1 Å². The topological polar surface area (TPSA) is 54.7 Å². The van der Waals surface area contributed by atoms with Gasteiger partial charge in [0.25, 0.3) is 0 Å². The number of allylic oxidation sites excluding steroid dienone is 4. The van der Waals surface area contributed by atoms with E-state index < -0.39 is 7.05 Å². The molecule has 1 unspecified atom stereocenters. The molecule has 5 aliphatic rings. The monoisotopic (exact) mass is 553 g/mol. The Morgan fingerprint density at radius 1 is 0.727 bits per heavy atom. The predicted molar refractivity (Wildman–Crippen MR) is 148 cm³/mol. The Hall–Kier alpha value is 0.473. The summed E-state index contributed by atoms with van der Waals surface area (Å²) in [6.07, 6.45) is 8.78. The van der Waals surface area contributed by atoms with Gasteiger partial charge in [0.15, 0.2) is 0 Å². The Morgan fingerprint density at radius 3 is 1.33 bits per heavy atom. The zero-order valence-electron chi connectivity index (χ0n) is 23.8. The maximum absolute atomic E-state index is 5.77. The largest absolute Gasteiger partial charge is 3.00 e. The first-order valence-corrected chi connectivity index (χ1v) is 15.0. The summed E-state index contributed by atoms with van der Waals surface area (Å²) in [4.78, 5) is 0. The van der Waals surface area contributed by atoms with Crippen LogP contribution in [-0.2, 0) is 26.2 Å². The molecule has 0 saturated heterocycles. The second-order valence-corrected chi connectivity index (χ2v) is 14.5. The number of hydrogen-bond donors (Lipinski definition) is 0. The summed E-state index contributed by atoms with van der Waals surface area (Å²) in [5.41, 5.74) is 5.14. The number of nitrogens with zero attached hydrogens (tertiary/aromatic N) is 4. The van der Waals surface area contributed by atoms with Crippen LogP contribution in [0.2, 0.25) is 0 Å². The van der Waals surface area contributed by atoms with Crippen molar-refractivity contribution in [3.8, 4) is 0 Å². The molecular formula is C27H52N4PZr. The van der Waals surface area contributed by atoms with Crippen LogP contribution in [0.1, 0.15) is 66.2 Å². The van der Waals surface area contributed by atoms with Gasteiger partial charge in [-0.2, -0.15) is 42.3 Å². The van der Waals surface area contributed by atoms with Crippen LogP contribution in [0.3, 0.4) is 0 Å². The third-order valence-corrected chi connectivity index (χ3v) is 10.3. The first-order chi connectivity index (χ1) is 14.9. The van der Waals surface area contributed by atoms with Gasteiger partial charge in [0.1, 0.15) is 0 Å². The molecule has 0 amide bonds. The van der Waals surface area contributed by atoms with E-state index in [0.717, 1.165) is 17.8 Å². The zero-order valence-corrected chi connectivity index (χ0v) is 27.1. The maximum Gasteiger partial charge on any atom is 3.00 e. The Bertz CT molecular complexity index is 680. The molecule has 0 aliphatic heterocycles. The summed E-state index contributed by atoms with van der Waals surface area (Å²) in [6, 6.07) is 0. The fourth-order valence-corrected chi connectivity index (χ4v) is 10.4. The van der Waals surface area contributed by atoms with Crippen molar-refractivity contribution >= 4 is 7.05 Å². The molecule has 189 valence electrons. The second kappa shape index (κ2) is 14.9. The first-order valence-electron chi connectivity index (χ1n) is 12.4. The molecule has 0 N–H and O–H groups in total. The van der Waals surface area contributed by atoms with Crippen molar-refractivity contribution in [1.82, 2.24) is 0 Å². The van der Waals surface area contributed by atoms with E-state index in [2.05, 4.69) is 57.0 Å². The average molecular weight is 555 g/mol. The van der Waals surface area contributed by atoms with Crippen LogP contribution >= 0.6 is 7.05 Å². The van der Waals surface area contributed by atoms with Gasteiger partial charge in [0.05, 0.1) is 5.54 Å². The fourth-order valence-electron chi connectivity index (χ4n) is 6.95. The van der Waals surface area contributed by atoms with Crippen LogP contribution in [0.25, 0.3) is 16.0 Å². The normalized spacial score (nSPS) is 31.5. The zero-order chi connectivity index (χ0) is 24.7. The van der Waals surface area contributed by atoms with Crippen molar-refractivity contribution in [2.75, 3.05) is 55.6 Å². The molecule has 4 nitrogen and oxygen atoms in total. The summed E-state index contributed by atoms with van der Waals surface area (Å²) in [7, 11) is 9.12. The van der Waals surface area contributed by atoms with Gasteiger partial charge in [-0.05, 0) is 114 Å². The van der Waals surface area contributed by atoms with Crippen molar-refractivity contribution in [2.45, 2.75) is 71.8 Å². The molecule has 5 rings (SSSR count). The molecule has 6 heteroatoms. The minimum absolute atomic E-state index is 0. The van der Waals surface area contributed by atoms with Crippen LogP contribution < -0.4 is 0 Å². The molecule has 0 aromatic heterocycles. The fraction of sp³-hybridized carbons (Fsp3) is 0.852. The molecule has 1 radical (unpaired) electrons. The Kier molecular flexibility index (Phi) is 15.1. The second-order valence-electron chi connectivity index (χ2n) is 11.0. The van der Waals surface area contributed by atoms with Gasteiger partial charge < -0.3 is 16.0 Å². The van der Waals surface area contributed by atoms with Gasteiger partial charge in [-0.25, -0.2) is 0 Å². The summed E-state index contributed by atoms with van der Waals surface area (Å²) in [5.74, 6) is 3.64. The Labute approximate surface area is 226 Å². The molecule has 0 heterocycles. The van der Waals surface area contributed by atoms with Crippen LogP contribution in [0.5, 0.6) is 0 Å². The van der Waals surface area contributed by atoms with E-state index >= 15 is 0 Å². The van der Waals surface area contributed by atoms with Gasteiger partial charge in [0.2, 0.25) is 0 Å². The van der Waals surface area contributed by atoms with Gasteiger partial charge in [-0.3, -0.25) is 4.74 Å². The summed E-state index contributed by atoms with van der Waals surface area (Å²) >= 11 is 0. The van der Waals surface area contributed by atoms with E-state index in [4.69, 9.17) is 4.74 Å².